The zero-order valence-electron chi connectivity index (χ0n) is 8.97. The fraction of sp³-hybridized carbons (Fsp3) is 0.900. The van der Waals surface area contributed by atoms with Crippen molar-refractivity contribution in [2.45, 2.75) is 45.3 Å². The van der Waals surface area contributed by atoms with Gasteiger partial charge in [-0.1, -0.05) is 0 Å². The number of alkyl carbamates (subject to hydrolysis) is 1. The molecule has 1 N–H and O–H groups in total. The first kappa shape index (κ1) is 11.3. The Morgan fingerprint density at radius 3 is 2.50 bits per heavy atom. The predicted molar refractivity (Wildman–Crippen MR) is 51.9 cm³/mol. The Bertz CT molecular complexity index is 211. The standard InChI is InChI=1S/C10H18FNO2/c1-10(2,3)14-9(13)12-8-5-4-7(8)6-11/h7-8H,4-6H2,1-3H3,(H,12,13)/t7-,8-/m1/s1. The fourth-order valence-electron chi connectivity index (χ4n) is 1.40. The summed E-state index contributed by atoms with van der Waals surface area (Å²) in [6, 6.07) is -0.0325. The van der Waals surface area contributed by atoms with E-state index < -0.39 is 11.7 Å². The van der Waals surface area contributed by atoms with Crippen LogP contribution in [0.25, 0.3) is 0 Å². The molecule has 0 saturated heterocycles. The number of halogens is 1. The van der Waals surface area contributed by atoms with Gasteiger partial charge < -0.3 is 10.1 Å². The molecule has 0 bridgehead atoms. The smallest absolute Gasteiger partial charge is 0.407 e. The number of amides is 1. The molecular weight excluding hydrogens is 185 g/mol. The van der Waals surface area contributed by atoms with E-state index >= 15 is 0 Å². The third-order valence-corrected chi connectivity index (χ3v) is 2.32. The van der Waals surface area contributed by atoms with Crippen LogP contribution in [-0.2, 0) is 4.74 Å². The van der Waals surface area contributed by atoms with Crippen molar-refractivity contribution in [3.05, 3.63) is 0 Å². The number of rotatable bonds is 2. The van der Waals surface area contributed by atoms with Crippen molar-refractivity contribution >= 4 is 6.09 Å². The topological polar surface area (TPSA) is 38.3 Å². The van der Waals surface area contributed by atoms with Gasteiger partial charge in [-0.2, -0.15) is 0 Å². The summed E-state index contributed by atoms with van der Waals surface area (Å²) >= 11 is 0. The number of nitrogens with one attached hydrogen (secondary N) is 1. The van der Waals surface area contributed by atoms with E-state index in [2.05, 4.69) is 5.32 Å². The van der Waals surface area contributed by atoms with Crippen LogP contribution in [0.4, 0.5) is 9.18 Å². The molecule has 0 unspecified atom stereocenters. The molecule has 0 radical (unpaired) electrons. The number of carbonyl (C=O) groups is 1. The monoisotopic (exact) mass is 203 g/mol. The third kappa shape index (κ3) is 3.16. The maximum absolute atomic E-state index is 12.3. The van der Waals surface area contributed by atoms with Gasteiger partial charge in [-0.15, -0.1) is 0 Å². The van der Waals surface area contributed by atoms with Crippen LogP contribution in [0.1, 0.15) is 33.6 Å². The number of alkyl halides is 1. The van der Waals surface area contributed by atoms with Crippen molar-refractivity contribution < 1.29 is 13.9 Å². The molecular formula is C10H18FNO2. The summed E-state index contributed by atoms with van der Waals surface area (Å²) < 4.78 is 17.3. The molecule has 3 nitrogen and oxygen atoms in total. The molecule has 82 valence electrons. The number of carbonyl (C=O) groups excluding carboxylic acids is 1. The van der Waals surface area contributed by atoms with E-state index in [1.54, 1.807) is 20.8 Å². The highest BCUT2D eigenvalue weighted by molar-refractivity contribution is 5.68. The molecule has 1 fully saturated rings. The van der Waals surface area contributed by atoms with E-state index in [4.69, 9.17) is 4.74 Å². The van der Waals surface area contributed by atoms with Gasteiger partial charge >= 0.3 is 6.09 Å². The fourth-order valence-corrected chi connectivity index (χ4v) is 1.40. The molecule has 0 spiro atoms. The van der Waals surface area contributed by atoms with Gasteiger partial charge in [0, 0.05) is 12.0 Å². The minimum atomic E-state index is -0.487. The second kappa shape index (κ2) is 4.15. The van der Waals surface area contributed by atoms with Gasteiger partial charge in [0.1, 0.15) is 5.60 Å². The van der Waals surface area contributed by atoms with Crippen LogP contribution in [0, 0.1) is 5.92 Å². The van der Waals surface area contributed by atoms with E-state index in [1.807, 2.05) is 0 Å². The van der Waals surface area contributed by atoms with Crippen molar-refractivity contribution in [1.82, 2.24) is 5.32 Å². The van der Waals surface area contributed by atoms with Gasteiger partial charge in [0.25, 0.3) is 0 Å². The van der Waals surface area contributed by atoms with Crippen LogP contribution in [0.2, 0.25) is 0 Å². The summed E-state index contributed by atoms with van der Waals surface area (Å²) in [6.45, 7) is 5.06. The third-order valence-electron chi connectivity index (χ3n) is 2.32. The normalized spacial score (nSPS) is 26.6. The highest BCUT2D eigenvalue weighted by atomic mass is 19.1. The average Bonchev–Trinajstić information content (AvgIpc) is 1.96. The molecule has 1 aliphatic carbocycles. The van der Waals surface area contributed by atoms with Gasteiger partial charge in [-0.05, 0) is 33.6 Å². The molecule has 1 aliphatic rings. The van der Waals surface area contributed by atoms with Crippen molar-refractivity contribution in [3.63, 3.8) is 0 Å². The summed E-state index contributed by atoms with van der Waals surface area (Å²) in [5, 5.41) is 2.67. The Morgan fingerprint density at radius 1 is 1.50 bits per heavy atom. The Morgan fingerprint density at radius 2 is 2.14 bits per heavy atom. The molecule has 1 amide bonds. The SMILES string of the molecule is CC(C)(C)OC(=O)N[C@@H]1CC[C@@H]1CF. The quantitative estimate of drug-likeness (QED) is 0.747. The first-order valence-corrected chi connectivity index (χ1v) is 4.98. The Labute approximate surface area is 84.0 Å². The molecule has 4 heteroatoms. The van der Waals surface area contributed by atoms with Crippen molar-refractivity contribution in [3.8, 4) is 0 Å². The van der Waals surface area contributed by atoms with Crippen molar-refractivity contribution in [2.75, 3.05) is 6.67 Å². The molecule has 1 rings (SSSR count). The largest absolute Gasteiger partial charge is 0.444 e. The molecule has 2 atom stereocenters. The first-order chi connectivity index (χ1) is 6.42. The molecule has 0 heterocycles. The minimum Gasteiger partial charge on any atom is -0.444 e. The van der Waals surface area contributed by atoms with Gasteiger partial charge in [-0.25, -0.2) is 4.79 Å². The lowest BCUT2D eigenvalue weighted by molar-refractivity contribution is 0.0422. The lowest BCUT2D eigenvalue weighted by Crippen LogP contribution is -2.49. The summed E-state index contributed by atoms with van der Waals surface area (Å²) in [5.74, 6) is -0.0116. The second-order valence-corrected chi connectivity index (χ2v) is 4.74. The molecule has 14 heavy (non-hydrogen) atoms. The predicted octanol–water partition coefficient (Wildman–Crippen LogP) is 2.26. The Kier molecular flexibility index (Phi) is 3.34. The van der Waals surface area contributed by atoms with Crippen molar-refractivity contribution in [2.24, 2.45) is 5.92 Å². The van der Waals surface area contributed by atoms with E-state index in [0.717, 1.165) is 12.8 Å². The lowest BCUT2D eigenvalue weighted by Gasteiger charge is -2.35. The summed E-state index contributed by atoms with van der Waals surface area (Å²) in [6.07, 6.45) is 1.27. The summed E-state index contributed by atoms with van der Waals surface area (Å²) in [7, 11) is 0. The zero-order valence-corrected chi connectivity index (χ0v) is 8.97. The molecule has 1 saturated carbocycles. The molecule has 0 aromatic carbocycles. The van der Waals surface area contributed by atoms with E-state index in [9.17, 15) is 9.18 Å². The van der Waals surface area contributed by atoms with Crippen LogP contribution in [0.5, 0.6) is 0 Å². The van der Waals surface area contributed by atoms with Crippen LogP contribution in [-0.4, -0.2) is 24.4 Å². The van der Waals surface area contributed by atoms with Crippen LogP contribution < -0.4 is 5.32 Å². The molecule has 0 aromatic rings. The maximum atomic E-state index is 12.3. The van der Waals surface area contributed by atoms with E-state index in [-0.39, 0.29) is 18.6 Å². The molecule has 0 aliphatic heterocycles. The number of ether oxygens (including phenoxy) is 1. The summed E-state index contributed by atoms with van der Waals surface area (Å²) in [5.41, 5.74) is -0.487. The van der Waals surface area contributed by atoms with Crippen LogP contribution in [0.15, 0.2) is 0 Å². The lowest BCUT2D eigenvalue weighted by atomic mass is 9.81. The van der Waals surface area contributed by atoms with E-state index in [0.29, 0.717) is 0 Å². The number of hydrogen-bond donors (Lipinski definition) is 1. The molecule has 0 aromatic heterocycles. The number of hydrogen-bond acceptors (Lipinski definition) is 2. The average molecular weight is 203 g/mol. The first-order valence-electron chi connectivity index (χ1n) is 4.98. The second-order valence-electron chi connectivity index (χ2n) is 4.74. The van der Waals surface area contributed by atoms with Gasteiger partial charge in [0.15, 0.2) is 0 Å². The van der Waals surface area contributed by atoms with Crippen molar-refractivity contribution in [1.29, 1.82) is 0 Å². The van der Waals surface area contributed by atoms with Gasteiger partial charge in [0.2, 0.25) is 0 Å². The van der Waals surface area contributed by atoms with Gasteiger partial charge in [-0.3, -0.25) is 4.39 Å². The highest BCUT2D eigenvalue weighted by Crippen LogP contribution is 2.27. The van der Waals surface area contributed by atoms with Crippen LogP contribution in [0.3, 0.4) is 0 Å². The summed E-state index contributed by atoms with van der Waals surface area (Å²) in [4.78, 5) is 11.3. The maximum Gasteiger partial charge on any atom is 0.407 e. The highest BCUT2D eigenvalue weighted by Gasteiger charge is 2.33. The van der Waals surface area contributed by atoms with Crippen LogP contribution >= 0.6 is 0 Å². The Hall–Kier alpha value is -0.800. The minimum absolute atomic E-state index is 0.0116. The van der Waals surface area contributed by atoms with Gasteiger partial charge in [0.05, 0.1) is 6.67 Å². The Balaban J connectivity index is 2.27. The van der Waals surface area contributed by atoms with E-state index in [1.165, 1.54) is 0 Å². The zero-order chi connectivity index (χ0) is 10.8.